The van der Waals surface area contributed by atoms with Crippen molar-refractivity contribution in [2.75, 3.05) is 18.9 Å². The van der Waals surface area contributed by atoms with Gasteiger partial charge in [-0.05, 0) is 31.4 Å². The molecule has 1 aromatic rings. The Hall–Kier alpha value is -1.56. The van der Waals surface area contributed by atoms with Gasteiger partial charge in [-0.2, -0.15) is 0 Å². The van der Waals surface area contributed by atoms with Gasteiger partial charge in [-0.3, -0.25) is 4.79 Å². The molecule has 1 N–H and O–H groups in total. The summed E-state index contributed by atoms with van der Waals surface area (Å²) in [5.74, 6) is 0.507. The van der Waals surface area contributed by atoms with Gasteiger partial charge in [0, 0.05) is 6.42 Å². The van der Waals surface area contributed by atoms with E-state index in [1.54, 1.807) is 0 Å². The maximum atomic E-state index is 12.1. The third kappa shape index (κ3) is 5.53. The lowest BCUT2D eigenvalue weighted by Gasteiger charge is -2.12. The minimum Gasteiger partial charge on any atom is -0.491 e. The Labute approximate surface area is 138 Å². The summed E-state index contributed by atoms with van der Waals surface area (Å²) in [6, 6.07) is 7.68. The molecule has 0 atom stereocenters. The molecule has 0 radical (unpaired) electrons. The first kappa shape index (κ1) is 17.8. The molecule has 1 aromatic carbocycles. The minimum absolute atomic E-state index is 0.0310. The quantitative estimate of drug-likeness (QED) is 0.737. The average Bonchev–Trinajstić information content (AvgIpc) is 3.06. The maximum absolute atomic E-state index is 12.1. The Kier molecular flexibility index (Phi) is 6.45. The second-order valence-electron chi connectivity index (χ2n) is 5.99. The molecular formula is C17H25NO4S. The summed E-state index contributed by atoms with van der Waals surface area (Å²) in [4.78, 5) is 11.8. The molecule has 6 heteroatoms. The van der Waals surface area contributed by atoms with Gasteiger partial charge in [-0.1, -0.05) is 31.0 Å². The van der Waals surface area contributed by atoms with Crippen LogP contribution in [-0.2, 0) is 14.6 Å². The lowest BCUT2D eigenvalue weighted by molar-refractivity contribution is -0.120. The topological polar surface area (TPSA) is 72.5 Å². The Morgan fingerprint density at radius 1 is 1.26 bits per heavy atom. The number of hydrogen-bond acceptors (Lipinski definition) is 4. The monoisotopic (exact) mass is 339 g/mol. The van der Waals surface area contributed by atoms with Gasteiger partial charge in [-0.15, -0.1) is 0 Å². The SMILES string of the molecule is Cc1ccccc1OCCNC(=O)CCS(=O)(=O)C1CCCC1. The zero-order valence-electron chi connectivity index (χ0n) is 13.6. The molecule has 23 heavy (non-hydrogen) atoms. The normalized spacial score (nSPS) is 15.5. The van der Waals surface area contributed by atoms with Crippen LogP contribution in [0.15, 0.2) is 24.3 Å². The summed E-state index contributed by atoms with van der Waals surface area (Å²) in [7, 11) is -3.13. The second kappa shape index (κ2) is 8.34. The number of para-hydroxylation sites is 1. The molecule has 0 bridgehead atoms. The molecular weight excluding hydrogens is 314 g/mol. The number of amides is 1. The van der Waals surface area contributed by atoms with Crippen molar-refractivity contribution in [1.82, 2.24) is 5.32 Å². The van der Waals surface area contributed by atoms with Gasteiger partial charge in [-0.25, -0.2) is 8.42 Å². The van der Waals surface area contributed by atoms with Gasteiger partial charge in [0.15, 0.2) is 9.84 Å². The van der Waals surface area contributed by atoms with Crippen LogP contribution in [0.2, 0.25) is 0 Å². The second-order valence-corrected chi connectivity index (χ2v) is 8.39. The number of benzene rings is 1. The molecule has 0 aliphatic heterocycles. The van der Waals surface area contributed by atoms with Crippen molar-refractivity contribution in [3.63, 3.8) is 0 Å². The van der Waals surface area contributed by atoms with Gasteiger partial charge in [0.2, 0.25) is 5.91 Å². The highest BCUT2D eigenvalue weighted by molar-refractivity contribution is 7.92. The van der Waals surface area contributed by atoms with Crippen LogP contribution in [-0.4, -0.2) is 38.5 Å². The predicted octanol–water partition coefficient (Wildman–Crippen LogP) is 2.24. The molecule has 1 aliphatic rings. The molecule has 1 aliphatic carbocycles. The van der Waals surface area contributed by atoms with Crippen LogP contribution in [0.1, 0.15) is 37.7 Å². The molecule has 1 saturated carbocycles. The van der Waals surface area contributed by atoms with Gasteiger partial charge < -0.3 is 10.1 Å². The van der Waals surface area contributed by atoms with Crippen LogP contribution in [0.3, 0.4) is 0 Å². The lowest BCUT2D eigenvalue weighted by atomic mass is 10.2. The highest BCUT2D eigenvalue weighted by Crippen LogP contribution is 2.25. The van der Waals surface area contributed by atoms with Crippen molar-refractivity contribution >= 4 is 15.7 Å². The molecule has 0 aromatic heterocycles. The number of aryl methyl sites for hydroxylation is 1. The molecule has 0 saturated heterocycles. The first-order chi connectivity index (χ1) is 11.0. The maximum Gasteiger partial charge on any atom is 0.221 e. The van der Waals surface area contributed by atoms with Crippen molar-refractivity contribution < 1.29 is 17.9 Å². The van der Waals surface area contributed by atoms with Crippen LogP contribution < -0.4 is 10.1 Å². The Morgan fingerprint density at radius 2 is 1.96 bits per heavy atom. The van der Waals surface area contributed by atoms with Crippen LogP contribution in [0.25, 0.3) is 0 Å². The van der Waals surface area contributed by atoms with Crippen LogP contribution in [0.5, 0.6) is 5.75 Å². The van der Waals surface area contributed by atoms with Crippen LogP contribution in [0, 0.1) is 6.92 Å². The summed E-state index contributed by atoms with van der Waals surface area (Å²) in [6.45, 7) is 2.70. The summed E-state index contributed by atoms with van der Waals surface area (Å²) >= 11 is 0. The molecule has 5 nitrogen and oxygen atoms in total. The van der Waals surface area contributed by atoms with Gasteiger partial charge in [0.05, 0.1) is 17.5 Å². The first-order valence-corrected chi connectivity index (χ1v) is 9.87. The van der Waals surface area contributed by atoms with E-state index in [4.69, 9.17) is 4.74 Å². The van der Waals surface area contributed by atoms with Crippen LogP contribution in [0.4, 0.5) is 0 Å². The smallest absolute Gasteiger partial charge is 0.221 e. The van der Waals surface area contributed by atoms with E-state index in [2.05, 4.69) is 5.32 Å². The molecule has 1 fully saturated rings. The Morgan fingerprint density at radius 3 is 2.65 bits per heavy atom. The van der Waals surface area contributed by atoms with Crippen molar-refractivity contribution in [3.8, 4) is 5.75 Å². The number of ether oxygens (including phenoxy) is 1. The molecule has 0 unspecified atom stereocenters. The average molecular weight is 339 g/mol. The highest BCUT2D eigenvalue weighted by atomic mass is 32.2. The predicted molar refractivity (Wildman–Crippen MR) is 90.3 cm³/mol. The summed E-state index contributed by atoms with van der Waals surface area (Å²) in [5.41, 5.74) is 1.04. The van der Waals surface area contributed by atoms with Crippen molar-refractivity contribution in [1.29, 1.82) is 0 Å². The summed E-state index contributed by atoms with van der Waals surface area (Å²) < 4.78 is 29.8. The van der Waals surface area contributed by atoms with E-state index < -0.39 is 9.84 Å². The third-order valence-corrected chi connectivity index (χ3v) is 6.46. The van der Waals surface area contributed by atoms with Crippen molar-refractivity contribution in [3.05, 3.63) is 29.8 Å². The number of nitrogens with one attached hydrogen (secondary N) is 1. The number of sulfone groups is 1. The zero-order valence-corrected chi connectivity index (χ0v) is 14.4. The number of carbonyl (C=O) groups excluding carboxylic acids is 1. The van der Waals surface area contributed by atoms with Crippen LogP contribution >= 0.6 is 0 Å². The van der Waals surface area contributed by atoms with E-state index in [0.29, 0.717) is 13.2 Å². The summed E-state index contributed by atoms with van der Waals surface area (Å²) in [6.07, 6.45) is 3.48. The van der Waals surface area contributed by atoms with E-state index in [1.165, 1.54) is 0 Å². The van der Waals surface area contributed by atoms with Crippen molar-refractivity contribution in [2.45, 2.75) is 44.3 Å². The van der Waals surface area contributed by atoms with Gasteiger partial charge >= 0.3 is 0 Å². The molecule has 1 amide bonds. The van der Waals surface area contributed by atoms with E-state index >= 15 is 0 Å². The lowest BCUT2D eigenvalue weighted by Crippen LogP contribution is -2.31. The largest absolute Gasteiger partial charge is 0.491 e. The molecule has 0 heterocycles. The fourth-order valence-corrected chi connectivity index (χ4v) is 4.66. The Balaban J connectivity index is 1.64. The molecule has 0 spiro atoms. The fourth-order valence-electron chi connectivity index (χ4n) is 2.81. The van der Waals surface area contributed by atoms with E-state index in [-0.39, 0.29) is 23.3 Å². The van der Waals surface area contributed by atoms with Gasteiger partial charge in [0.1, 0.15) is 12.4 Å². The Bertz CT molecular complexity index is 621. The van der Waals surface area contributed by atoms with E-state index in [1.807, 2.05) is 31.2 Å². The van der Waals surface area contributed by atoms with E-state index in [0.717, 1.165) is 37.0 Å². The van der Waals surface area contributed by atoms with Gasteiger partial charge in [0.25, 0.3) is 0 Å². The van der Waals surface area contributed by atoms with Crippen molar-refractivity contribution in [2.24, 2.45) is 0 Å². The third-order valence-electron chi connectivity index (χ3n) is 4.20. The standard InChI is InChI=1S/C17H25NO4S/c1-14-6-2-5-9-16(14)22-12-11-18-17(19)10-13-23(20,21)15-7-3-4-8-15/h2,5-6,9,15H,3-4,7-8,10-13H2,1H3,(H,18,19). The fraction of sp³-hybridized carbons (Fsp3) is 0.588. The zero-order chi connectivity index (χ0) is 16.7. The number of rotatable bonds is 8. The number of hydrogen-bond donors (Lipinski definition) is 1. The first-order valence-electron chi connectivity index (χ1n) is 8.16. The molecule has 2 rings (SSSR count). The summed E-state index contributed by atoms with van der Waals surface area (Å²) in [5, 5.41) is 2.47. The van der Waals surface area contributed by atoms with E-state index in [9.17, 15) is 13.2 Å². The minimum atomic E-state index is -3.13. The highest BCUT2D eigenvalue weighted by Gasteiger charge is 2.28. The molecule has 128 valence electrons. The number of carbonyl (C=O) groups is 1.